The highest BCUT2D eigenvalue weighted by molar-refractivity contribution is 5.85. The highest BCUT2D eigenvalue weighted by Gasteiger charge is 2.15. The lowest BCUT2D eigenvalue weighted by Gasteiger charge is -2.02. The lowest BCUT2D eigenvalue weighted by atomic mass is 10.1. The first kappa shape index (κ1) is 13.1. The predicted octanol–water partition coefficient (Wildman–Crippen LogP) is 2.48. The van der Waals surface area contributed by atoms with Crippen molar-refractivity contribution in [2.24, 2.45) is 0 Å². The summed E-state index contributed by atoms with van der Waals surface area (Å²) >= 11 is 0. The number of aromatic carboxylic acids is 1. The van der Waals surface area contributed by atoms with Crippen LogP contribution in [0.2, 0.25) is 0 Å². The molecule has 2 rings (SSSR count). The van der Waals surface area contributed by atoms with Gasteiger partial charge in [0.2, 0.25) is 5.76 Å². The van der Waals surface area contributed by atoms with E-state index in [1.54, 1.807) is 14.0 Å². The Morgan fingerprint density at radius 1 is 1.42 bits per heavy atom. The molecule has 100 valence electrons. The minimum absolute atomic E-state index is 0.0827. The minimum Gasteiger partial charge on any atom is -0.497 e. The minimum atomic E-state index is -1.09. The van der Waals surface area contributed by atoms with Gasteiger partial charge in [0.1, 0.15) is 5.75 Å². The summed E-state index contributed by atoms with van der Waals surface area (Å²) in [6, 6.07) is 7.71. The fourth-order valence-electron chi connectivity index (χ4n) is 1.84. The number of rotatable bonds is 5. The number of ether oxygens (including phenoxy) is 1. The number of nitrogens with zero attached hydrogens (tertiary/aromatic N) is 1. The third kappa shape index (κ3) is 3.13. The van der Waals surface area contributed by atoms with Gasteiger partial charge in [0.15, 0.2) is 5.89 Å². The Balaban J connectivity index is 2.06. The second kappa shape index (κ2) is 5.56. The number of oxazole rings is 1. The number of carbonyl (C=O) groups is 1. The predicted molar refractivity (Wildman–Crippen MR) is 68.6 cm³/mol. The summed E-state index contributed by atoms with van der Waals surface area (Å²) in [7, 11) is 1.62. The molecular weight excluding hydrogens is 246 g/mol. The van der Waals surface area contributed by atoms with Gasteiger partial charge in [-0.1, -0.05) is 12.1 Å². The molecule has 0 radical (unpaired) electrons. The van der Waals surface area contributed by atoms with E-state index in [2.05, 4.69) is 4.98 Å². The summed E-state index contributed by atoms with van der Waals surface area (Å²) in [5.41, 5.74) is 1.50. The Morgan fingerprint density at radius 2 is 2.21 bits per heavy atom. The number of aryl methyl sites for hydroxylation is 3. The van der Waals surface area contributed by atoms with Crippen molar-refractivity contribution in [2.75, 3.05) is 7.11 Å². The van der Waals surface area contributed by atoms with Gasteiger partial charge in [-0.25, -0.2) is 9.78 Å². The number of hydrogen-bond donors (Lipinski definition) is 1. The first-order chi connectivity index (χ1) is 9.10. The summed E-state index contributed by atoms with van der Waals surface area (Å²) in [6.45, 7) is 1.63. The van der Waals surface area contributed by atoms with E-state index in [9.17, 15) is 4.79 Å². The van der Waals surface area contributed by atoms with Crippen LogP contribution in [0.5, 0.6) is 5.75 Å². The summed E-state index contributed by atoms with van der Waals surface area (Å²) in [4.78, 5) is 15.0. The van der Waals surface area contributed by atoms with Crippen molar-refractivity contribution < 1.29 is 19.1 Å². The normalized spacial score (nSPS) is 10.4. The molecule has 0 atom stereocenters. The van der Waals surface area contributed by atoms with Crippen molar-refractivity contribution in [3.8, 4) is 5.75 Å². The second-order valence-electron chi connectivity index (χ2n) is 4.18. The lowest BCUT2D eigenvalue weighted by Crippen LogP contribution is -1.95. The molecule has 0 spiro atoms. The van der Waals surface area contributed by atoms with Gasteiger partial charge in [-0.2, -0.15) is 0 Å². The van der Waals surface area contributed by atoms with E-state index in [1.807, 2.05) is 24.3 Å². The van der Waals surface area contributed by atoms with Gasteiger partial charge in [0.25, 0.3) is 0 Å². The van der Waals surface area contributed by atoms with Crippen LogP contribution in [-0.4, -0.2) is 23.2 Å². The molecule has 19 heavy (non-hydrogen) atoms. The average molecular weight is 261 g/mol. The Bertz CT molecular complexity index is 589. The number of carboxylic acid groups (broad SMARTS) is 1. The molecule has 1 N–H and O–H groups in total. The molecule has 2 aromatic rings. The topological polar surface area (TPSA) is 72.6 Å². The maximum atomic E-state index is 10.8. The molecule has 1 aromatic heterocycles. The van der Waals surface area contributed by atoms with Crippen LogP contribution < -0.4 is 4.74 Å². The van der Waals surface area contributed by atoms with Gasteiger partial charge in [-0.05, 0) is 31.0 Å². The van der Waals surface area contributed by atoms with Gasteiger partial charge in [-0.3, -0.25) is 0 Å². The van der Waals surface area contributed by atoms with E-state index in [1.165, 1.54) is 0 Å². The summed E-state index contributed by atoms with van der Waals surface area (Å²) in [6.07, 6.45) is 1.28. The first-order valence-electron chi connectivity index (χ1n) is 5.92. The van der Waals surface area contributed by atoms with Crippen molar-refractivity contribution >= 4 is 5.97 Å². The summed E-state index contributed by atoms with van der Waals surface area (Å²) in [5.74, 6) is 0.0725. The third-order valence-corrected chi connectivity index (χ3v) is 2.80. The van der Waals surface area contributed by atoms with Gasteiger partial charge in [0, 0.05) is 6.42 Å². The van der Waals surface area contributed by atoms with E-state index in [0.717, 1.165) is 17.7 Å². The zero-order valence-electron chi connectivity index (χ0n) is 10.8. The van der Waals surface area contributed by atoms with Crippen LogP contribution in [0.15, 0.2) is 28.7 Å². The van der Waals surface area contributed by atoms with Gasteiger partial charge in [-0.15, -0.1) is 0 Å². The van der Waals surface area contributed by atoms with Crippen LogP contribution >= 0.6 is 0 Å². The molecule has 5 heteroatoms. The van der Waals surface area contributed by atoms with Crippen LogP contribution in [0.25, 0.3) is 0 Å². The highest BCUT2D eigenvalue weighted by Crippen LogP contribution is 2.16. The maximum Gasteiger partial charge on any atom is 0.373 e. The molecule has 1 heterocycles. The largest absolute Gasteiger partial charge is 0.497 e. The number of aromatic nitrogens is 1. The summed E-state index contributed by atoms with van der Waals surface area (Å²) in [5, 5.41) is 8.88. The smallest absolute Gasteiger partial charge is 0.373 e. The zero-order valence-corrected chi connectivity index (χ0v) is 10.8. The van der Waals surface area contributed by atoms with Crippen LogP contribution in [0.1, 0.15) is 27.7 Å². The molecule has 0 aliphatic carbocycles. The molecule has 0 saturated heterocycles. The van der Waals surface area contributed by atoms with Gasteiger partial charge in [0.05, 0.1) is 12.8 Å². The molecule has 0 bridgehead atoms. The van der Waals surface area contributed by atoms with Crippen LogP contribution in [0, 0.1) is 6.92 Å². The first-order valence-corrected chi connectivity index (χ1v) is 5.92. The van der Waals surface area contributed by atoms with Crippen LogP contribution in [0.3, 0.4) is 0 Å². The molecule has 5 nitrogen and oxygen atoms in total. The monoisotopic (exact) mass is 261 g/mol. The van der Waals surface area contributed by atoms with Crippen molar-refractivity contribution in [2.45, 2.75) is 19.8 Å². The van der Waals surface area contributed by atoms with Crippen molar-refractivity contribution in [1.29, 1.82) is 0 Å². The molecule has 0 aliphatic heterocycles. The van der Waals surface area contributed by atoms with E-state index >= 15 is 0 Å². The van der Waals surface area contributed by atoms with Crippen LogP contribution in [-0.2, 0) is 12.8 Å². The molecular formula is C14H15NO4. The third-order valence-electron chi connectivity index (χ3n) is 2.80. The Kier molecular flexibility index (Phi) is 3.85. The van der Waals surface area contributed by atoms with E-state index < -0.39 is 5.97 Å². The van der Waals surface area contributed by atoms with Crippen molar-refractivity contribution in [1.82, 2.24) is 4.98 Å². The molecule has 0 fully saturated rings. The standard InChI is InChI=1S/C14H15NO4/c1-9-13(14(16)17)19-12(15-9)7-6-10-4-3-5-11(8-10)18-2/h3-5,8H,6-7H2,1-2H3,(H,16,17). The Morgan fingerprint density at radius 3 is 2.84 bits per heavy atom. The van der Waals surface area contributed by atoms with Gasteiger partial charge < -0.3 is 14.3 Å². The number of methoxy groups -OCH3 is 1. The SMILES string of the molecule is COc1cccc(CCc2nc(C)c(C(=O)O)o2)c1. The van der Waals surface area contributed by atoms with E-state index in [0.29, 0.717) is 18.0 Å². The Hall–Kier alpha value is -2.30. The molecule has 0 aliphatic rings. The second-order valence-corrected chi connectivity index (χ2v) is 4.18. The van der Waals surface area contributed by atoms with Crippen molar-refractivity contribution in [3.63, 3.8) is 0 Å². The maximum absolute atomic E-state index is 10.8. The van der Waals surface area contributed by atoms with E-state index in [4.69, 9.17) is 14.3 Å². The Labute approximate surface area is 110 Å². The van der Waals surface area contributed by atoms with Crippen LogP contribution in [0.4, 0.5) is 0 Å². The fraction of sp³-hybridized carbons (Fsp3) is 0.286. The number of carboxylic acids is 1. The number of benzene rings is 1. The molecule has 0 unspecified atom stereocenters. The molecule has 1 aromatic carbocycles. The fourth-order valence-corrected chi connectivity index (χ4v) is 1.84. The molecule has 0 saturated carbocycles. The molecule has 0 amide bonds. The average Bonchev–Trinajstić information content (AvgIpc) is 2.78. The summed E-state index contributed by atoms with van der Waals surface area (Å²) < 4.78 is 10.4. The lowest BCUT2D eigenvalue weighted by molar-refractivity contribution is 0.0659. The van der Waals surface area contributed by atoms with E-state index in [-0.39, 0.29) is 5.76 Å². The zero-order chi connectivity index (χ0) is 13.8. The number of hydrogen-bond acceptors (Lipinski definition) is 4. The quantitative estimate of drug-likeness (QED) is 0.895. The van der Waals surface area contributed by atoms with Crippen molar-refractivity contribution in [3.05, 3.63) is 47.2 Å². The van der Waals surface area contributed by atoms with Gasteiger partial charge >= 0.3 is 5.97 Å². The highest BCUT2D eigenvalue weighted by atomic mass is 16.5.